The zero-order valence-corrected chi connectivity index (χ0v) is 13.3. The molecule has 1 N–H and O–H groups in total. The van der Waals surface area contributed by atoms with Gasteiger partial charge in [-0.3, -0.25) is 0 Å². The number of benzene rings is 1. The topological polar surface area (TPSA) is 46.2 Å². The first kappa shape index (κ1) is 13.8. The number of hydrogen-bond donors (Lipinski definition) is 1. The highest BCUT2D eigenvalue weighted by Gasteiger charge is 2.52. The summed E-state index contributed by atoms with van der Waals surface area (Å²) in [4.78, 5) is 0.415. The largest absolute Gasteiger partial charge is 0.241 e. The molecule has 4 saturated carbocycles. The Labute approximate surface area is 127 Å². The first-order valence-corrected chi connectivity index (χ1v) is 9.53. The maximum absolute atomic E-state index is 12.8. The van der Waals surface area contributed by atoms with E-state index in [9.17, 15) is 8.42 Å². The summed E-state index contributed by atoms with van der Waals surface area (Å²) in [5.74, 6) is 2.24. The molecule has 4 aliphatic carbocycles. The molecule has 0 aromatic heterocycles. The molecule has 4 fully saturated rings. The maximum atomic E-state index is 12.8. The van der Waals surface area contributed by atoms with Crippen LogP contribution in [0.1, 0.15) is 44.1 Å². The molecule has 0 unspecified atom stereocenters. The standard InChI is InChI=1S/C17H23NO2S/c1-12-3-2-4-16(5-12)21(19,20)18-17-9-13-6-14(10-17)8-15(7-13)11-17/h2-5,13-15,18H,6-11H2,1H3. The SMILES string of the molecule is Cc1cccc(S(=O)(=O)NC23CC4CC(CC(C4)C2)C3)c1. The van der Waals surface area contributed by atoms with Crippen LogP contribution >= 0.6 is 0 Å². The normalized spacial score (nSPS) is 37.9. The van der Waals surface area contributed by atoms with Gasteiger partial charge in [0.15, 0.2) is 0 Å². The van der Waals surface area contributed by atoms with Crippen LogP contribution in [0.3, 0.4) is 0 Å². The van der Waals surface area contributed by atoms with E-state index in [2.05, 4.69) is 4.72 Å². The van der Waals surface area contributed by atoms with Crippen molar-refractivity contribution in [1.82, 2.24) is 4.72 Å². The van der Waals surface area contributed by atoms with Crippen LogP contribution in [-0.2, 0) is 10.0 Å². The minimum atomic E-state index is -3.40. The Hall–Kier alpha value is -0.870. The van der Waals surface area contributed by atoms with Crippen LogP contribution in [0.15, 0.2) is 29.2 Å². The van der Waals surface area contributed by atoms with E-state index in [4.69, 9.17) is 0 Å². The second-order valence-corrected chi connectivity index (χ2v) is 9.30. The van der Waals surface area contributed by atoms with Crippen LogP contribution in [0.2, 0.25) is 0 Å². The molecule has 0 spiro atoms. The van der Waals surface area contributed by atoms with Gasteiger partial charge < -0.3 is 0 Å². The summed E-state index contributed by atoms with van der Waals surface area (Å²) in [6.07, 6.45) is 7.11. The number of nitrogens with one attached hydrogen (secondary N) is 1. The van der Waals surface area contributed by atoms with Gasteiger partial charge in [0.25, 0.3) is 0 Å². The molecular formula is C17H23NO2S. The van der Waals surface area contributed by atoms with Gasteiger partial charge in [-0.1, -0.05) is 12.1 Å². The third-order valence-electron chi connectivity index (χ3n) is 5.69. The van der Waals surface area contributed by atoms with E-state index in [1.165, 1.54) is 19.3 Å². The monoisotopic (exact) mass is 305 g/mol. The minimum Gasteiger partial charge on any atom is -0.207 e. The second-order valence-electron chi connectivity index (χ2n) is 7.62. The second kappa shape index (κ2) is 4.56. The van der Waals surface area contributed by atoms with Gasteiger partial charge in [-0.05, 0) is 80.9 Å². The lowest BCUT2D eigenvalue weighted by Crippen LogP contribution is -2.59. The van der Waals surface area contributed by atoms with Crippen molar-refractivity contribution in [3.63, 3.8) is 0 Å². The lowest BCUT2D eigenvalue weighted by Gasteiger charge is -2.56. The molecule has 0 atom stereocenters. The Kier molecular flexibility index (Phi) is 2.99. The fraction of sp³-hybridized carbons (Fsp3) is 0.647. The molecule has 0 saturated heterocycles. The molecule has 4 aliphatic rings. The summed E-state index contributed by atoms with van der Waals surface area (Å²) in [6.45, 7) is 1.93. The zero-order valence-electron chi connectivity index (χ0n) is 12.5. The van der Waals surface area contributed by atoms with Gasteiger partial charge in [-0.2, -0.15) is 0 Å². The lowest BCUT2D eigenvalue weighted by molar-refractivity contribution is -0.00810. The van der Waals surface area contributed by atoms with Crippen molar-refractivity contribution in [2.45, 2.75) is 55.9 Å². The molecule has 0 radical (unpaired) electrons. The van der Waals surface area contributed by atoms with E-state index < -0.39 is 10.0 Å². The van der Waals surface area contributed by atoms with Crippen LogP contribution in [-0.4, -0.2) is 14.0 Å². The van der Waals surface area contributed by atoms with Gasteiger partial charge in [0.05, 0.1) is 4.90 Å². The molecule has 1 aromatic carbocycles. The fourth-order valence-electron chi connectivity index (χ4n) is 5.36. The van der Waals surface area contributed by atoms with Crippen LogP contribution in [0.5, 0.6) is 0 Å². The van der Waals surface area contributed by atoms with Crippen molar-refractivity contribution < 1.29 is 8.42 Å². The van der Waals surface area contributed by atoms with E-state index in [0.717, 1.165) is 42.6 Å². The Morgan fingerprint density at radius 3 is 2.14 bits per heavy atom. The van der Waals surface area contributed by atoms with Gasteiger partial charge in [-0.25, -0.2) is 13.1 Å². The number of sulfonamides is 1. The first-order valence-electron chi connectivity index (χ1n) is 8.05. The Morgan fingerprint density at radius 2 is 1.62 bits per heavy atom. The van der Waals surface area contributed by atoms with E-state index in [1.807, 2.05) is 19.1 Å². The van der Waals surface area contributed by atoms with Crippen molar-refractivity contribution in [3.8, 4) is 0 Å². The maximum Gasteiger partial charge on any atom is 0.241 e. The number of aryl methyl sites for hydroxylation is 1. The summed E-state index contributed by atoms with van der Waals surface area (Å²) in [6, 6.07) is 7.23. The molecular weight excluding hydrogens is 282 g/mol. The predicted molar refractivity (Wildman–Crippen MR) is 82.4 cm³/mol. The molecule has 21 heavy (non-hydrogen) atoms. The van der Waals surface area contributed by atoms with Crippen molar-refractivity contribution in [2.75, 3.05) is 0 Å². The number of rotatable bonds is 3. The van der Waals surface area contributed by atoms with Gasteiger partial charge in [0.1, 0.15) is 0 Å². The highest BCUT2D eigenvalue weighted by Crippen LogP contribution is 2.55. The Balaban J connectivity index is 1.63. The van der Waals surface area contributed by atoms with Crippen LogP contribution in [0.4, 0.5) is 0 Å². The van der Waals surface area contributed by atoms with Crippen molar-refractivity contribution in [1.29, 1.82) is 0 Å². The molecule has 4 bridgehead atoms. The zero-order chi connectivity index (χ0) is 14.7. The molecule has 3 nitrogen and oxygen atoms in total. The molecule has 0 aliphatic heterocycles. The van der Waals surface area contributed by atoms with Crippen molar-refractivity contribution in [3.05, 3.63) is 29.8 Å². The minimum absolute atomic E-state index is 0.155. The third kappa shape index (κ3) is 2.42. The van der Waals surface area contributed by atoms with Crippen LogP contribution in [0, 0.1) is 24.7 Å². The van der Waals surface area contributed by atoms with Crippen LogP contribution in [0.25, 0.3) is 0 Å². The molecule has 0 heterocycles. The van der Waals surface area contributed by atoms with Crippen LogP contribution < -0.4 is 4.72 Å². The smallest absolute Gasteiger partial charge is 0.207 e. The van der Waals surface area contributed by atoms with Crippen molar-refractivity contribution >= 4 is 10.0 Å². The fourth-order valence-corrected chi connectivity index (χ4v) is 6.90. The predicted octanol–water partition coefficient (Wildman–Crippen LogP) is 3.24. The van der Waals surface area contributed by atoms with Crippen molar-refractivity contribution in [2.24, 2.45) is 17.8 Å². The average Bonchev–Trinajstić information content (AvgIpc) is 2.35. The number of hydrogen-bond acceptors (Lipinski definition) is 2. The highest BCUT2D eigenvalue weighted by molar-refractivity contribution is 7.89. The first-order chi connectivity index (χ1) is 9.94. The third-order valence-corrected chi connectivity index (χ3v) is 7.27. The highest BCUT2D eigenvalue weighted by atomic mass is 32.2. The van der Waals surface area contributed by atoms with Gasteiger partial charge in [-0.15, -0.1) is 0 Å². The Morgan fingerprint density at radius 1 is 1.05 bits per heavy atom. The lowest BCUT2D eigenvalue weighted by atomic mass is 9.53. The molecule has 114 valence electrons. The molecule has 5 rings (SSSR count). The summed E-state index contributed by atoms with van der Waals surface area (Å²) in [5, 5.41) is 0. The summed E-state index contributed by atoms with van der Waals surface area (Å²) in [7, 11) is -3.40. The summed E-state index contributed by atoms with van der Waals surface area (Å²) in [5.41, 5.74) is 0.834. The molecule has 4 heteroatoms. The van der Waals surface area contributed by atoms with E-state index in [0.29, 0.717) is 4.90 Å². The van der Waals surface area contributed by atoms with E-state index >= 15 is 0 Å². The Bertz CT molecular complexity index is 630. The summed E-state index contributed by atoms with van der Waals surface area (Å²) < 4.78 is 28.6. The van der Waals surface area contributed by atoms with Gasteiger partial charge in [0, 0.05) is 5.54 Å². The molecule has 1 aromatic rings. The summed E-state index contributed by atoms with van der Waals surface area (Å²) >= 11 is 0. The quantitative estimate of drug-likeness (QED) is 0.932. The van der Waals surface area contributed by atoms with E-state index in [1.54, 1.807) is 12.1 Å². The van der Waals surface area contributed by atoms with E-state index in [-0.39, 0.29) is 5.54 Å². The van der Waals surface area contributed by atoms with Gasteiger partial charge >= 0.3 is 0 Å². The van der Waals surface area contributed by atoms with Gasteiger partial charge in [0.2, 0.25) is 10.0 Å². The molecule has 0 amide bonds. The average molecular weight is 305 g/mol.